The van der Waals surface area contributed by atoms with Gasteiger partial charge in [-0.25, -0.2) is 4.68 Å². The van der Waals surface area contributed by atoms with Gasteiger partial charge in [0.1, 0.15) is 11.9 Å². The van der Waals surface area contributed by atoms with Crippen LogP contribution in [0.3, 0.4) is 0 Å². The van der Waals surface area contributed by atoms with Crippen LogP contribution < -0.4 is 11.1 Å². The number of halogens is 1. The second kappa shape index (κ2) is 8.82. The van der Waals surface area contributed by atoms with Crippen LogP contribution in [0.2, 0.25) is 0 Å². The molecular formula is C17H25ClN4O2. The van der Waals surface area contributed by atoms with E-state index in [1.165, 1.54) is 7.11 Å². The molecule has 0 saturated heterocycles. The van der Waals surface area contributed by atoms with Gasteiger partial charge in [0.15, 0.2) is 0 Å². The number of aryl methyl sites for hydroxylation is 1. The number of benzene rings is 1. The molecule has 3 N–H and O–H groups in total. The fourth-order valence-electron chi connectivity index (χ4n) is 2.13. The summed E-state index contributed by atoms with van der Waals surface area (Å²) in [6.07, 6.45) is 0. The number of ether oxygens (including phenoxy) is 1. The van der Waals surface area contributed by atoms with Crippen LogP contribution in [0.25, 0.3) is 5.69 Å². The molecule has 24 heavy (non-hydrogen) atoms. The molecule has 1 heterocycles. The van der Waals surface area contributed by atoms with Gasteiger partial charge in [0, 0.05) is 13.2 Å². The van der Waals surface area contributed by atoms with Gasteiger partial charge in [0.05, 0.1) is 18.0 Å². The molecule has 0 fully saturated rings. The zero-order chi connectivity index (χ0) is 17.0. The minimum atomic E-state index is -0.719. The Morgan fingerprint density at radius 1 is 1.33 bits per heavy atom. The number of anilines is 1. The number of carbonyl (C=O) groups is 1. The zero-order valence-corrected chi connectivity index (χ0v) is 15.3. The molecule has 0 bridgehead atoms. The average molecular weight is 353 g/mol. The quantitative estimate of drug-likeness (QED) is 0.837. The summed E-state index contributed by atoms with van der Waals surface area (Å²) in [7, 11) is 1.51. The number of rotatable bonds is 6. The van der Waals surface area contributed by atoms with Crippen LogP contribution in [0, 0.1) is 6.92 Å². The molecule has 1 atom stereocenters. The minimum Gasteiger partial charge on any atom is -0.383 e. The maximum absolute atomic E-state index is 12.2. The van der Waals surface area contributed by atoms with Crippen LogP contribution in [0.4, 0.5) is 5.82 Å². The topological polar surface area (TPSA) is 82.2 Å². The number of carbonyl (C=O) groups excluding carboxylic acids is 1. The Bertz CT molecular complexity index is 668. The van der Waals surface area contributed by atoms with Gasteiger partial charge < -0.3 is 15.8 Å². The Balaban J connectivity index is 0.00000288. The van der Waals surface area contributed by atoms with Crippen molar-refractivity contribution in [2.75, 3.05) is 19.0 Å². The van der Waals surface area contributed by atoms with Crippen molar-refractivity contribution in [2.24, 2.45) is 5.73 Å². The Labute approximate surface area is 148 Å². The van der Waals surface area contributed by atoms with Gasteiger partial charge in [0.25, 0.3) is 0 Å². The van der Waals surface area contributed by atoms with Crippen LogP contribution in [0.5, 0.6) is 0 Å². The number of hydrogen-bond donors (Lipinski definition) is 2. The van der Waals surface area contributed by atoms with Crippen molar-refractivity contribution >= 4 is 24.1 Å². The summed E-state index contributed by atoms with van der Waals surface area (Å²) in [4.78, 5) is 12.2. The summed E-state index contributed by atoms with van der Waals surface area (Å²) < 4.78 is 6.65. The van der Waals surface area contributed by atoms with Crippen molar-refractivity contribution in [2.45, 2.75) is 32.7 Å². The fourth-order valence-corrected chi connectivity index (χ4v) is 2.13. The Morgan fingerprint density at radius 2 is 1.96 bits per heavy atom. The van der Waals surface area contributed by atoms with Gasteiger partial charge >= 0.3 is 0 Å². The molecule has 1 unspecified atom stereocenters. The van der Waals surface area contributed by atoms with Crippen LogP contribution >= 0.6 is 12.4 Å². The zero-order valence-electron chi connectivity index (χ0n) is 14.4. The highest BCUT2D eigenvalue weighted by Gasteiger charge is 2.18. The first-order valence-electron chi connectivity index (χ1n) is 7.64. The van der Waals surface area contributed by atoms with Gasteiger partial charge in [0.2, 0.25) is 5.91 Å². The summed E-state index contributed by atoms with van der Waals surface area (Å²) >= 11 is 0. The number of nitrogens with two attached hydrogens (primary N) is 1. The third-order valence-corrected chi connectivity index (χ3v) is 3.53. The SMILES string of the molecule is COCC(N)C(=O)Nc1cc(C(C)C)nn1-c1ccc(C)cc1.Cl. The lowest BCUT2D eigenvalue weighted by molar-refractivity contribution is -0.118. The molecule has 0 aliphatic carbocycles. The Kier molecular flexibility index (Phi) is 7.41. The van der Waals surface area contributed by atoms with Crippen molar-refractivity contribution in [3.8, 4) is 5.69 Å². The first-order valence-corrected chi connectivity index (χ1v) is 7.64. The summed E-state index contributed by atoms with van der Waals surface area (Å²) in [5.74, 6) is 0.564. The molecule has 1 amide bonds. The number of methoxy groups -OCH3 is 1. The first-order chi connectivity index (χ1) is 10.9. The molecule has 7 heteroatoms. The lowest BCUT2D eigenvalue weighted by atomic mass is 10.1. The van der Waals surface area contributed by atoms with Crippen LogP contribution in [-0.4, -0.2) is 35.4 Å². The molecule has 132 valence electrons. The van der Waals surface area contributed by atoms with E-state index in [-0.39, 0.29) is 30.8 Å². The molecule has 0 aliphatic heterocycles. The molecule has 1 aromatic heterocycles. The minimum absolute atomic E-state index is 0. The highest BCUT2D eigenvalue weighted by Crippen LogP contribution is 2.22. The average Bonchev–Trinajstić information content (AvgIpc) is 2.92. The van der Waals surface area contributed by atoms with Crippen LogP contribution in [0.1, 0.15) is 31.0 Å². The standard InChI is InChI=1S/C17H24N4O2.ClH/c1-11(2)15-9-16(19-17(22)14(18)10-23-4)21(20-15)13-7-5-12(3)6-8-13;/h5-9,11,14H,10,18H2,1-4H3,(H,19,22);1H. The maximum Gasteiger partial charge on any atom is 0.244 e. The molecule has 0 spiro atoms. The van der Waals surface area contributed by atoms with E-state index in [1.807, 2.05) is 37.3 Å². The summed E-state index contributed by atoms with van der Waals surface area (Å²) in [6, 6.07) is 9.11. The largest absolute Gasteiger partial charge is 0.383 e. The van der Waals surface area contributed by atoms with Gasteiger partial charge in [-0.05, 0) is 25.0 Å². The Hall–Kier alpha value is -1.89. The highest BCUT2D eigenvalue weighted by molar-refractivity contribution is 5.94. The fraction of sp³-hybridized carbons (Fsp3) is 0.412. The van der Waals surface area contributed by atoms with Gasteiger partial charge in [-0.15, -0.1) is 12.4 Å². The van der Waals surface area contributed by atoms with E-state index in [0.717, 1.165) is 16.9 Å². The molecule has 0 radical (unpaired) electrons. The van der Waals surface area contributed by atoms with E-state index in [1.54, 1.807) is 4.68 Å². The first kappa shape index (κ1) is 20.2. The maximum atomic E-state index is 12.2. The number of hydrogen-bond acceptors (Lipinski definition) is 4. The van der Waals surface area contributed by atoms with E-state index in [2.05, 4.69) is 24.3 Å². The number of nitrogens with one attached hydrogen (secondary N) is 1. The Morgan fingerprint density at radius 3 is 2.50 bits per heavy atom. The molecule has 1 aromatic carbocycles. The van der Waals surface area contributed by atoms with E-state index in [4.69, 9.17) is 10.5 Å². The lowest BCUT2D eigenvalue weighted by Crippen LogP contribution is -2.39. The molecule has 6 nitrogen and oxygen atoms in total. The highest BCUT2D eigenvalue weighted by atomic mass is 35.5. The third kappa shape index (κ3) is 4.80. The van der Waals surface area contributed by atoms with Gasteiger partial charge in [-0.3, -0.25) is 4.79 Å². The van der Waals surface area contributed by atoms with E-state index < -0.39 is 6.04 Å². The van der Waals surface area contributed by atoms with E-state index in [0.29, 0.717) is 5.82 Å². The molecule has 0 saturated carbocycles. The predicted molar refractivity (Wildman–Crippen MR) is 98.1 cm³/mol. The lowest BCUT2D eigenvalue weighted by Gasteiger charge is -2.12. The van der Waals surface area contributed by atoms with Crippen molar-refractivity contribution in [1.82, 2.24) is 9.78 Å². The van der Waals surface area contributed by atoms with Gasteiger partial charge in [-0.2, -0.15) is 5.10 Å². The molecule has 0 aliphatic rings. The van der Waals surface area contributed by atoms with Crippen LogP contribution in [0.15, 0.2) is 30.3 Å². The van der Waals surface area contributed by atoms with Crippen molar-refractivity contribution in [3.05, 3.63) is 41.6 Å². The molecule has 2 rings (SSSR count). The van der Waals surface area contributed by atoms with Crippen LogP contribution in [-0.2, 0) is 9.53 Å². The summed E-state index contributed by atoms with van der Waals surface area (Å²) in [6.45, 7) is 6.31. The van der Waals surface area contributed by atoms with Gasteiger partial charge in [-0.1, -0.05) is 31.5 Å². The summed E-state index contributed by atoms with van der Waals surface area (Å²) in [5.41, 5.74) is 8.74. The molecular weight excluding hydrogens is 328 g/mol. The smallest absolute Gasteiger partial charge is 0.244 e. The number of nitrogens with zero attached hydrogens (tertiary/aromatic N) is 2. The second-order valence-corrected chi connectivity index (χ2v) is 5.91. The molecule has 2 aromatic rings. The van der Waals surface area contributed by atoms with Crippen molar-refractivity contribution in [3.63, 3.8) is 0 Å². The third-order valence-electron chi connectivity index (χ3n) is 3.53. The van der Waals surface area contributed by atoms with Crippen molar-refractivity contribution < 1.29 is 9.53 Å². The normalized spacial score (nSPS) is 11.9. The van der Waals surface area contributed by atoms with E-state index >= 15 is 0 Å². The number of amides is 1. The van der Waals surface area contributed by atoms with Crippen molar-refractivity contribution in [1.29, 1.82) is 0 Å². The predicted octanol–water partition coefficient (Wildman–Crippen LogP) is 2.64. The number of aromatic nitrogens is 2. The second-order valence-electron chi connectivity index (χ2n) is 5.91. The van der Waals surface area contributed by atoms with E-state index in [9.17, 15) is 4.79 Å². The monoisotopic (exact) mass is 352 g/mol. The summed E-state index contributed by atoms with van der Waals surface area (Å²) in [5, 5.41) is 7.44.